The summed E-state index contributed by atoms with van der Waals surface area (Å²) in [6, 6.07) is 0.134. The normalized spacial score (nSPS) is 31.6. The number of aliphatic hydroxyl groups is 1. The van der Waals surface area contributed by atoms with Gasteiger partial charge in [-0.15, -0.1) is 0 Å². The van der Waals surface area contributed by atoms with Gasteiger partial charge in [-0.25, -0.2) is 4.79 Å². The van der Waals surface area contributed by atoms with Gasteiger partial charge in [0.1, 0.15) is 0 Å². The number of unbranched alkanes of at least 4 members (excludes halogenated alkanes) is 1. The van der Waals surface area contributed by atoms with E-state index < -0.39 is 0 Å². The molecule has 0 bridgehead atoms. The molecule has 3 unspecified atom stereocenters. The second-order valence-corrected chi connectivity index (χ2v) is 6.89. The van der Waals surface area contributed by atoms with E-state index in [0.29, 0.717) is 18.2 Å². The summed E-state index contributed by atoms with van der Waals surface area (Å²) in [5.74, 6) is 0.941. The minimum Gasteiger partial charge on any atom is -0.395 e. The number of fused-ring (bicyclic) bond motifs is 1. The monoisotopic (exact) mass is 301 g/mol. The molecule has 2 saturated heterocycles. The zero-order valence-corrected chi connectivity index (χ0v) is 12.6. The molecule has 20 heavy (non-hydrogen) atoms. The topological polar surface area (TPSA) is 90.5 Å². The van der Waals surface area contributed by atoms with E-state index in [0.717, 1.165) is 25.0 Å². The van der Waals surface area contributed by atoms with Crippen molar-refractivity contribution < 1.29 is 14.7 Å². The van der Waals surface area contributed by atoms with Crippen LogP contribution in [0.25, 0.3) is 0 Å². The van der Waals surface area contributed by atoms with Crippen LogP contribution < -0.4 is 16.0 Å². The van der Waals surface area contributed by atoms with E-state index >= 15 is 0 Å². The summed E-state index contributed by atoms with van der Waals surface area (Å²) < 4.78 is 0. The van der Waals surface area contributed by atoms with Crippen LogP contribution in [0.3, 0.4) is 0 Å². The average Bonchev–Trinajstić information content (AvgIpc) is 2.85. The summed E-state index contributed by atoms with van der Waals surface area (Å²) in [7, 11) is 0. The van der Waals surface area contributed by atoms with Crippen LogP contribution in [0.1, 0.15) is 32.6 Å². The fourth-order valence-corrected chi connectivity index (χ4v) is 4.55. The van der Waals surface area contributed by atoms with Crippen molar-refractivity contribution in [3.8, 4) is 0 Å². The lowest BCUT2D eigenvalue weighted by Gasteiger charge is -2.23. The van der Waals surface area contributed by atoms with Crippen LogP contribution in [-0.2, 0) is 4.79 Å². The molecule has 2 rings (SSSR count). The molecule has 0 aliphatic carbocycles. The van der Waals surface area contributed by atoms with Gasteiger partial charge in [0.25, 0.3) is 0 Å². The lowest BCUT2D eigenvalue weighted by Crippen LogP contribution is -2.47. The first-order valence-electron chi connectivity index (χ1n) is 7.13. The molecule has 0 aromatic heterocycles. The molecule has 6 nitrogen and oxygen atoms in total. The van der Waals surface area contributed by atoms with Crippen molar-refractivity contribution in [2.24, 2.45) is 0 Å². The lowest BCUT2D eigenvalue weighted by molar-refractivity contribution is -0.121. The molecule has 0 radical (unpaired) electrons. The van der Waals surface area contributed by atoms with E-state index in [1.807, 2.05) is 11.8 Å². The van der Waals surface area contributed by atoms with E-state index in [1.165, 1.54) is 0 Å². The van der Waals surface area contributed by atoms with Gasteiger partial charge in [-0.05, 0) is 19.8 Å². The van der Waals surface area contributed by atoms with Gasteiger partial charge >= 0.3 is 6.03 Å². The number of urea groups is 1. The predicted octanol–water partition coefficient (Wildman–Crippen LogP) is 0.211. The van der Waals surface area contributed by atoms with Gasteiger partial charge in [-0.3, -0.25) is 4.79 Å². The van der Waals surface area contributed by atoms with Crippen molar-refractivity contribution in [1.29, 1.82) is 0 Å². The number of hydrogen-bond acceptors (Lipinski definition) is 4. The first-order valence-corrected chi connectivity index (χ1v) is 8.18. The van der Waals surface area contributed by atoms with Gasteiger partial charge in [0.15, 0.2) is 0 Å². The Bertz CT molecular complexity index is 380. The third-order valence-electron chi connectivity index (χ3n) is 3.92. The van der Waals surface area contributed by atoms with E-state index in [2.05, 4.69) is 22.9 Å². The standard InChI is InChI=1S/C13H23N3O3S/c1-13-8-20-9(11(13)15-12(19)16-13)4-2-3-5-10(18)14-6-7-17/h9,11,17H,2-8H2,1H3,(H,14,18)(H2,15,16,19). The van der Waals surface area contributed by atoms with Crippen molar-refractivity contribution in [2.45, 2.75) is 49.4 Å². The van der Waals surface area contributed by atoms with Crippen LogP contribution in [0.5, 0.6) is 0 Å². The van der Waals surface area contributed by atoms with Gasteiger partial charge in [0, 0.05) is 24.0 Å². The van der Waals surface area contributed by atoms with Crippen molar-refractivity contribution >= 4 is 23.7 Å². The number of thioether (sulfide) groups is 1. The summed E-state index contributed by atoms with van der Waals surface area (Å²) >= 11 is 1.90. The number of aliphatic hydroxyl groups excluding tert-OH is 1. The molecule has 2 heterocycles. The molecule has 2 aliphatic heterocycles. The maximum Gasteiger partial charge on any atom is 0.315 e. The number of amides is 3. The van der Waals surface area contributed by atoms with E-state index in [9.17, 15) is 9.59 Å². The first-order chi connectivity index (χ1) is 9.55. The summed E-state index contributed by atoms with van der Waals surface area (Å²) in [5, 5.41) is 17.7. The zero-order valence-electron chi connectivity index (χ0n) is 11.8. The van der Waals surface area contributed by atoms with Crippen LogP contribution >= 0.6 is 11.8 Å². The summed E-state index contributed by atoms with van der Waals surface area (Å²) in [5.41, 5.74) is -0.120. The molecule has 7 heteroatoms. The number of carbonyl (C=O) groups is 2. The van der Waals surface area contributed by atoms with Gasteiger partial charge in [-0.2, -0.15) is 11.8 Å². The van der Waals surface area contributed by atoms with E-state index in [-0.39, 0.29) is 30.1 Å². The second kappa shape index (κ2) is 6.67. The quantitative estimate of drug-likeness (QED) is 0.400. The highest BCUT2D eigenvalue weighted by Gasteiger charge is 2.51. The SMILES string of the molecule is CC12CSC(CCCCC(=O)NCCO)C1NC(=O)N2. The minimum atomic E-state index is -0.120. The molecule has 0 aromatic rings. The molecule has 3 amide bonds. The third-order valence-corrected chi connectivity index (χ3v) is 5.62. The first kappa shape index (κ1) is 15.4. The minimum absolute atomic E-state index is 0.00111. The van der Waals surface area contributed by atoms with Gasteiger partial charge in [0.2, 0.25) is 5.91 Å². The van der Waals surface area contributed by atoms with E-state index in [4.69, 9.17) is 5.11 Å². The molecule has 2 fully saturated rings. The average molecular weight is 301 g/mol. The maximum absolute atomic E-state index is 11.4. The van der Waals surface area contributed by atoms with E-state index in [1.54, 1.807) is 0 Å². The molecule has 114 valence electrons. The number of hydrogen-bond donors (Lipinski definition) is 4. The highest BCUT2D eigenvalue weighted by molar-refractivity contribution is 8.00. The van der Waals surface area contributed by atoms with Gasteiger partial charge < -0.3 is 21.1 Å². The summed E-state index contributed by atoms with van der Waals surface area (Å²) in [6.45, 7) is 2.40. The predicted molar refractivity (Wildman–Crippen MR) is 78.7 cm³/mol. The Kier molecular flexibility index (Phi) is 5.15. The number of carbonyl (C=O) groups excluding carboxylic acids is 2. The van der Waals surface area contributed by atoms with Crippen molar-refractivity contribution in [2.75, 3.05) is 18.9 Å². The van der Waals surface area contributed by atoms with Crippen LogP contribution in [0, 0.1) is 0 Å². The Hall–Kier alpha value is -0.950. The number of nitrogens with one attached hydrogen (secondary N) is 3. The Morgan fingerprint density at radius 3 is 3.10 bits per heavy atom. The Balaban J connectivity index is 1.65. The largest absolute Gasteiger partial charge is 0.395 e. The van der Waals surface area contributed by atoms with Crippen LogP contribution in [0.15, 0.2) is 0 Å². The second-order valence-electron chi connectivity index (χ2n) is 5.66. The van der Waals surface area contributed by atoms with Gasteiger partial charge in [0.05, 0.1) is 18.2 Å². The highest BCUT2D eigenvalue weighted by atomic mass is 32.2. The Morgan fingerprint density at radius 1 is 1.55 bits per heavy atom. The van der Waals surface area contributed by atoms with Crippen molar-refractivity contribution in [3.05, 3.63) is 0 Å². The fraction of sp³-hybridized carbons (Fsp3) is 0.846. The van der Waals surface area contributed by atoms with Gasteiger partial charge in [-0.1, -0.05) is 6.42 Å². The summed E-state index contributed by atoms with van der Waals surface area (Å²) in [4.78, 5) is 22.8. The molecular formula is C13H23N3O3S. The molecule has 3 atom stereocenters. The summed E-state index contributed by atoms with van der Waals surface area (Å²) in [6.07, 6.45) is 3.34. The molecule has 0 saturated carbocycles. The van der Waals surface area contributed by atoms with Crippen LogP contribution in [-0.4, -0.2) is 52.8 Å². The smallest absolute Gasteiger partial charge is 0.315 e. The third kappa shape index (κ3) is 3.58. The fourth-order valence-electron chi connectivity index (χ4n) is 2.84. The lowest BCUT2D eigenvalue weighted by atomic mass is 9.92. The van der Waals surface area contributed by atoms with Crippen molar-refractivity contribution in [1.82, 2.24) is 16.0 Å². The molecule has 2 aliphatic rings. The molecular weight excluding hydrogens is 278 g/mol. The van der Waals surface area contributed by atoms with Crippen LogP contribution in [0.2, 0.25) is 0 Å². The zero-order chi connectivity index (χ0) is 14.6. The highest BCUT2D eigenvalue weighted by Crippen LogP contribution is 2.39. The number of rotatable bonds is 7. The van der Waals surface area contributed by atoms with Crippen molar-refractivity contribution in [3.63, 3.8) is 0 Å². The molecule has 4 N–H and O–H groups in total. The Morgan fingerprint density at radius 2 is 2.35 bits per heavy atom. The molecule has 0 spiro atoms. The van der Waals surface area contributed by atoms with Crippen LogP contribution in [0.4, 0.5) is 4.79 Å². The maximum atomic E-state index is 11.4. The Labute approximate surface area is 123 Å². The molecule has 0 aromatic carbocycles.